The van der Waals surface area contributed by atoms with Crippen LogP contribution in [-0.2, 0) is 4.79 Å². The smallest absolute Gasteiger partial charge is 0.220 e. The summed E-state index contributed by atoms with van der Waals surface area (Å²) in [6.07, 6.45) is 3.12. The van der Waals surface area contributed by atoms with Gasteiger partial charge < -0.3 is 16.2 Å². The van der Waals surface area contributed by atoms with Crippen molar-refractivity contribution in [2.45, 2.75) is 45.6 Å². The normalized spacial score (nSPS) is 14.7. The zero-order chi connectivity index (χ0) is 11.7. The van der Waals surface area contributed by atoms with Gasteiger partial charge in [-0.05, 0) is 31.7 Å². The van der Waals surface area contributed by atoms with Gasteiger partial charge >= 0.3 is 0 Å². The fourth-order valence-electron chi connectivity index (χ4n) is 1.38. The minimum absolute atomic E-state index is 0.0145. The van der Waals surface area contributed by atoms with E-state index in [-0.39, 0.29) is 18.6 Å². The van der Waals surface area contributed by atoms with E-state index in [9.17, 15) is 4.79 Å². The lowest BCUT2D eigenvalue weighted by molar-refractivity contribution is -0.122. The highest BCUT2D eigenvalue weighted by Gasteiger charge is 2.10. The summed E-state index contributed by atoms with van der Waals surface area (Å²) in [5, 5.41) is 11.7. The predicted molar refractivity (Wildman–Crippen MR) is 61.4 cm³/mol. The van der Waals surface area contributed by atoms with E-state index in [0.29, 0.717) is 18.9 Å². The van der Waals surface area contributed by atoms with Gasteiger partial charge in [0.1, 0.15) is 0 Å². The number of amides is 1. The molecule has 0 spiro atoms. The molecule has 4 N–H and O–H groups in total. The van der Waals surface area contributed by atoms with Crippen LogP contribution in [0.25, 0.3) is 0 Å². The Hall–Kier alpha value is -0.610. The Kier molecular flexibility index (Phi) is 8.33. The number of rotatable bonds is 8. The number of hydrogen-bond acceptors (Lipinski definition) is 3. The van der Waals surface area contributed by atoms with Crippen LogP contribution in [0.5, 0.6) is 0 Å². The zero-order valence-corrected chi connectivity index (χ0v) is 9.83. The number of aliphatic hydroxyl groups excluding tert-OH is 1. The summed E-state index contributed by atoms with van der Waals surface area (Å²) < 4.78 is 0. The average Bonchev–Trinajstić information content (AvgIpc) is 2.23. The van der Waals surface area contributed by atoms with E-state index < -0.39 is 0 Å². The molecule has 0 bridgehead atoms. The molecule has 0 fully saturated rings. The molecule has 0 aromatic carbocycles. The van der Waals surface area contributed by atoms with E-state index in [1.165, 1.54) is 0 Å². The largest absolute Gasteiger partial charge is 0.394 e. The lowest BCUT2D eigenvalue weighted by Gasteiger charge is -2.15. The molecule has 0 aromatic heterocycles. The van der Waals surface area contributed by atoms with Crippen molar-refractivity contribution in [1.82, 2.24) is 5.32 Å². The van der Waals surface area contributed by atoms with Gasteiger partial charge in [0, 0.05) is 6.42 Å². The number of aliphatic hydroxyl groups is 1. The van der Waals surface area contributed by atoms with Crippen molar-refractivity contribution >= 4 is 5.91 Å². The molecular formula is C11H24N2O2. The first kappa shape index (κ1) is 14.4. The van der Waals surface area contributed by atoms with Crippen molar-refractivity contribution in [3.63, 3.8) is 0 Å². The van der Waals surface area contributed by atoms with Crippen LogP contribution in [0.2, 0.25) is 0 Å². The summed E-state index contributed by atoms with van der Waals surface area (Å²) in [7, 11) is 0. The standard InChI is InChI=1S/C11H24N2O2/c1-3-10(8-14)13-11(15)5-4-9(2)6-7-12/h9-10,14H,3-8,12H2,1-2H3,(H,13,15)/t9?,10-/m0/s1. The van der Waals surface area contributed by atoms with E-state index in [4.69, 9.17) is 10.8 Å². The second-order valence-corrected chi connectivity index (χ2v) is 4.08. The minimum atomic E-state index is -0.0951. The topological polar surface area (TPSA) is 75.3 Å². The van der Waals surface area contributed by atoms with Crippen LogP contribution in [-0.4, -0.2) is 30.2 Å². The van der Waals surface area contributed by atoms with Crippen molar-refractivity contribution in [2.75, 3.05) is 13.2 Å². The molecule has 2 atom stereocenters. The molecule has 0 radical (unpaired) electrons. The monoisotopic (exact) mass is 216 g/mol. The minimum Gasteiger partial charge on any atom is -0.394 e. The van der Waals surface area contributed by atoms with Crippen LogP contribution in [0.4, 0.5) is 0 Å². The molecule has 0 aliphatic heterocycles. The number of carbonyl (C=O) groups is 1. The molecule has 0 heterocycles. The van der Waals surface area contributed by atoms with Gasteiger partial charge in [0.25, 0.3) is 0 Å². The lowest BCUT2D eigenvalue weighted by Crippen LogP contribution is -2.36. The van der Waals surface area contributed by atoms with Crippen molar-refractivity contribution in [2.24, 2.45) is 11.7 Å². The van der Waals surface area contributed by atoms with E-state index >= 15 is 0 Å². The van der Waals surface area contributed by atoms with E-state index in [0.717, 1.165) is 19.3 Å². The zero-order valence-electron chi connectivity index (χ0n) is 9.83. The third kappa shape index (κ3) is 7.33. The SMILES string of the molecule is CC[C@@H](CO)NC(=O)CCC(C)CCN. The molecule has 0 rings (SSSR count). The molecule has 4 nitrogen and oxygen atoms in total. The van der Waals surface area contributed by atoms with E-state index in [2.05, 4.69) is 12.2 Å². The predicted octanol–water partition coefficient (Wildman–Crippen LogP) is 0.639. The summed E-state index contributed by atoms with van der Waals surface area (Å²) >= 11 is 0. The van der Waals surface area contributed by atoms with Crippen LogP contribution in [0, 0.1) is 5.92 Å². The Morgan fingerprint density at radius 1 is 1.47 bits per heavy atom. The molecule has 0 aromatic rings. The van der Waals surface area contributed by atoms with Gasteiger partial charge in [-0.1, -0.05) is 13.8 Å². The van der Waals surface area contributed by atoms with Crippen LogP contribution in [0.3, 0.4) is 0 Å². The average molecular weight is 216 g/mol. The van der Waals surface area contributed by atoms with Crippen LogP contribution in [0.15, 0.2) is 0 Å². The molecule has 1 amide bonds. The van der Waals surface area contributed by atoms with Crippen molar-refractivity contribution < 1.29 is 9.90 Å². The Morgan fingerprint density at radius 2 is 2.13 bits per heavy atom. The van der Waals surface area contributed by atoms with E-state index in [1.807, 2.05) is 6.92 Å². The number of nitrogens with one attached hydrogen (secondary N) is 1. The van der Waals surface area contributed by atoms with E-state index in [1.54, 1.807) is 0 Å². The molecule has 4 heteroatoms. The highest BCUT2D eigenvalue weighted by atomic mass is 16.3. The third-order valence-electron chi connectivity index (χ3n) is 2.60. The van der Waals surface area contributed by atoms with Gasteiger partial charge in [0.2, 0.25) is 5.91 Å². The lowest BCUT2D eigenvalue weighted by atomic mass is 10.0. The summed E-state index contributed by atoms with van der Waals surface area (Å²) in [4.78, 5) is 11.4. The van der Waals surface area contributed by atoms with Crippen LogP contribution in [0.1, 0.15) is 39.5 Å². The maximum Gasteiger partial charge on any atom is 0.220 e. The third-order valence-corrected chi connectivity index (χ3v) is 2.60. The van der Waals surface area contributed by atoms with Gasteiger partial charge in [0.05, 0.1) is 12.6 Å². The van der Waals surface area contributed by atoms with Crippen molar-refractivity contribution in [3.05, 3.63) is 0 Å². The molecular weight excluding hydrogens is 192 g/mol. The Labute approximate surface area is 92.2 Å². The molecule has 0 saturated heterocycles. The maximum absolute atomic E-state index is 11.4. The Morgan fingerprint density at radius 3 is 2.60 bits per heavy atom. The highest BCUT2D eigenvalue weighted by Crippen LogP contribution is 2.08. The Bertz CT molecular complexity index is 170. The van der Waals surface area contributed by atoms with Gasteiger partial charge in [0.15, 0.2) is 0 Å². The summed E-state index contributed by atoms with van der Waals surface area (Å²) in [5.74, 6) is 0.523. The molecule has 1 unspecified atom stereocenters. The van der Waals surface area contributed by atoms with Crippen LogP contribution >= 0.6 is 0 Å². The number of nitrogens with two attached hydrogens (primary N) is 1. The second kappa shape index (κ2) is 8.68. The quantitative estimate of drug-likeness (QED) is 0.557. The highest BCUT2D eigenvalue weighted by molar-refractivity contribution is 5.76. The van der Waals surface area contributed by atoms with Crippen molar-refractivity contribution in [3.8, 4) is 0 Å². The fraction of sp³-hybridized carbons (Fsp3) is 0.909. The van der Waals surface area contributed by atoms with Crippen molar-refractivity contribution in [1.29, 1.82) is 0 Å². The fourth-order valence-corrected chi connectivity index (χ4v) is 1.38. The molecule has 0 saturated carbocycles. The molecule has 0 aliphatic carbocycles. The molecule has 90 valence electrons. The van der Waals surface area contributed by atoms with Gasteiger partial charge in [-0.15, -0.1) is 0 Å². The van der Waals surface area contributed by atoms with Gasteiger partial charge in [-0.2, -0.15) is 0 Å². The first-order chi connectivity index (χ1) is 7.13. The van der Waals surface area contributed by atoms with Gasteiger partial charge in [-0.25, -0.2) is 0 Å². The summed E-state index contributed by atoms with van der Waals surface area (Å²) in [5.41, 5.74) is 5.43. The first-order valence-corrected chi connectivity index (χ1v) is 5.74. The second-order valence-electron chi connectivity index (χ2n) is 4.08. The summed E-state index contributed by atoms with van der Waals surface area (Å²) in [6, 6.07) is -0.0951. The van der Waals surface area contributed by atoms with Gasteiger partial charge in [-0.3, -0.25) is 4.79 Å². The Balaban J connectivity index is 3.64. The summed E-state index contributed by atoms with van der Waals surface area (Å²) in [6.45, 7) is 4.74. The first-order valence-electron chi connectivity index (χ1n) is 5.74. The number of carbonyl (C=O) groups excluding carboxylic acids is 1. The molecule has 0 aliphatic rings. The molecule has 15 heavy (non-hydrogen) atoms. The number of hydrogen-bond donors (Lipinski definition) is 3. The maximum atomic E-state index is 11.4. The van der Waals surface area contributed by atoms with Crippen LogP contribution < -0.4 is 11.1 Å².